The number of likely N-dealkylation sites (tertiary alicyclic amines) is 1. The lowest BCUT2D eigenvalue weighted by atomic mass is 9.84. The molecule has 1 amide bonds. The summed E-state index contributed by atoms with van der Waals surface area (Å²) in [5.41, 5.74) is 1.01. The maximum atomic E-state index is 14.9. The van der Waals surface area contributed by atoms with E-state index in [1.807, 2.05) is 46.7 Å². The van der Waals surface area contributed by atoms with Crippen LogP contribution in [0.1, 0.15) is 56.8 Å². The largest absolute Gasteiger partial charge is 0.507 e. The first-order valence-electron chi connectivity index (χ1n) is 11.9. The smallest absolute Gasteiger partial charge is 0.295 e. The van der Waals surface area contributed by atoms with Crippen molar-refractivity contribution in [2.24, 2.45) is 0 Å². The maximum Gasteiger partial charge on any atom is 0.295 e. The number of aliphatic hydroxyl groups excluding tert-OH is 1. The van der Waals surface area contributed by atoms with Crippen LogP contribution in [-0.2, 0) is 15.0 Å². The quantitative estimate of drug-likeness (QED) is 0.329. The fourth-order valence-electron chi connectivity index (χ4n) is 4.39. The van der Waals surface area contributed by atoms with E-state index in [0.717, 1.165) is 5.56 Å². The normalized spacial score (nSPS) is 17.9. The summed E-state index contributed by atoms with van der Waals surface area (Å²) in [6.07, 6.45) is 0.599. The Balaban J connectivity index is 2.17. The van der Waals surface area contributed by atoms with Gasteiger partial charge in [-0.15, -0.1) is 0 Å². The standard InChI is InChI=1S/C28H35FN2O4/c1-7-35-22-14-13-18(17-20(22)28(2,3)4)25(32)23-24(19-11-8-9-12-21(19)29)31(27(34)26(23)33)16-10-15-30(5)6/h8-9,11-14,17,24,32H,7,10,15-16H2,1-6H3/b25-23+. The van der Waals surface area contributed by atoms with E-state index in [-0.39, 0.29) is 28.9 Å². The van der Waals surface area contributed by atoms with Crippen LogP contribution in [0.15, 0.2) is 48.0 Å². The van der Waals surface area contributed by atoms with Crippen LogP contribution in [0.2, 0.25) is 0 Å². The van der Waals surface area contributed by atoms with E-state index in [2.05, 4.69) is 0 Å². The van der Waals surface area contributed by atoms with Crippen LogP contribution in [-0.4, -0.2) is 60.4 Å². The number of aliphatic hydroxyl groups is 1. The minimum Gasteiger partial charge on any atom is -0.507 e. The number of benzene rings is 2. The molecule has 1 N–H and O–H groups in total. The first kappa shape index (κ1) is 26.4. The van der Waals surface area contributed by atoms with Gasteiger partial charge < -0.3 is 19.6 Å². The SMILES string of the molecule is CCOc1ccc(/C(O)=C2\C(=O)C(=O)N(CCCN(C)C)C2c2ccccc2F)cc1C(C)(C)C. The van der Waals surface area contributed by atoms with E-state index in [1.165, 1.54) is 11.0 Å². The van der Waals surface area contributed by atoms with Gasteiger partial charge in [0.1, 0.15) is 17.3 Å². The minimum absolute atomic E-state index is 0.103. The summed E-state index contributed by atoms with van der Waals surface area (Å²) in [6.45, 7) is 9.41. The minimum atomic E-state index is -1.01. The number of nitrogens with zero attached hydrogens (tertiary/aromatic N) is 2. The van der Waals surface area contributed by atoms with Crippen LogP contribution in [0, 0.1) is 5.82 Å². The summed E-state index contributed by atoms with van der Waals surface area (Å²) < 4.78 is 20.7. The number of halogens is 1. The molecule has 0 aromatic heterocycles. The van der Waals surface area contributed by atoms with E-state index in [0.29, 0.717) is 30.9 Å². The Morgan fingerprint density at radius 2 is 1.83 bits per heavy atom. The summed E-state index contributed by atoms with van der Waals surface area (Å²) in [4.78, 5) is 29.6. The fraction of sp³-hybridized carbons (Fsp3) is 0.429. The average Bonchev–Trinajstić information content (AvgIpc) is 3.03. The van der Waals surface area contributed by atoms with Crippen LogP contribution in [0.5, 0.6) is 5.75 Å². The van der Waals surface area contributed by atoms with E-state index < -0.39 is 23.5 Å². The Bertz CT molecular complexity index is 1130. The number of rotatable bonds is 8. The van der Waals surface area contributed by atoms with E-state index >= 15 is 0 Å². The van der Waals surface area contributed by atoms with Gasteiger partial charge in [-0.3, -0.25) is 9.59 Å². The molecule has 3 rings (SSSR count). The van der Waals surface area contributed by atoms with Gasteiger partial charge in [-0.2, -0.15) is 0 Å². The van der Waals surface area contributed by atoms with Crippen molar-refractivity contribution >= 4 is 17.4 Å². The van der Waals surface area contributed by atoms with Crippen molar-refractivity contribution in [1.29, 1.82) is 0 Å². The van der Waals surface area contributed by atoms with Crippen molar-refractivity contribution in [3.63, 3.8) is 0 Å². The molecule has 1 saturated heterocycles. The van der Waals surface area contributed by atoms with Gasteiger partial charge in [0.15, 0.2) is 0 Å². The zero-order valence-electron chi connectivity index (χ0n) is 21.4. The van der Waals surface area contributed by atoms with Crippen molar-refractivity contribution in [1.82, 2.24) is 9.80 Å². The third kappa shape index (κ3) is 5.56. The summed E-state index contributed by atoms with van der Waals surface area (Å²) in [7, 11) is 3.84. The molecule has 35 heavy (non-hydrogen) atoms. The lowest BCUT2D eigenvalue weighted by Crippen LogP contribution is -2.32. The van der Waals surface area contributed by atoms with Crippen molar-refractivity contribution in [3.8, 4) is 5.75 Å². The number of Topliss-reactive ketones (excluding diaryl/α,β-unsaturated/α-hetero) is 1. The third-order valence-corrected chi connectivity index (χ3v) is 6.10. The van der Waals surface area contributed by atoms with Gasteiger partial charge in [0.25, 0.3) is 11.7 Å². The Hall–Kier alpha value is -3.19. The second-order valence-electron chi connectivity index (χ2n) is 10.1. The van der Waals surface area contributed by atoms with Crippen molar-refractivity contribution in [2.45, 2.75) is 45.6 Å². The predicted molar refractivity (Wildman–Crippen MR) is 135 cm³/mol. The molecular formula is C28H35FN2O4. The van der Waals surface area contributed by atoms with E-state index in [9.17, 15) is 19.1 Å². The average molecular weight is 483 g/mol. The summed E-state index contributed by atoms with van der Waals surface area (Å²) in [5.74, 6) is -1.72. The van der Waals surface area contributed by atoms with E-state index in [1.54, 1.807) is 36.4 Å². The van der Waals surface area contributed by atoms with Crippen molar-refractivity contribution < 1.29 is 23.8 Å². The first-order chi connectivity index (χ1) is 16.5. The van der Waals surface area contributed by atoms with Gasteiger partial charge in [0.05, 0.1) is 18.2 Å². The molecule has 0 bridgehead atoms. The molecule has 1 atom stereocenters. The van der Waals surface area contributed by atoms with Gasteiger partial charge in [-0.05, 0) is 63.7 Å². The topological polar surface area (TPSA) is 70.1 Å². The van der Waals surface area contributed by atoms with Crippen LogP contribution < -0.4 is 4.74 Å². The van der Waals surface area contributed by atoms with Crippen LogP contribution >= 0.6 is 0 Å². The van der Waals surface area contributed by atoms with Crippen LogP contribution in [0.25, 0.3) is 5.76 Å². The molecule has 1 unspecified atom stereocenters. The first-order valence-corrected chi connectivity index (χ1v) is 11.9. The highest BCUT2D eigenvalue weighted by molar-refractivity contribution is 6.46. The fourth-order valence-corrected chi connectivity index (χ4v) is 4.39. The molecule has 0 radical (unpaired) electrons. The second kappa shape index (κ2) is 10.6. The molecule has 188 valence electrons. The molecule has 1 aliphatic rings. The maximum absolute atomic E-state index is 14.9. The number of amides is 1. The molecule has 1 fully saturated rings. The summed E-state index contributed by atoms with van der Waals surface area (Å²) in [6, 6.07) is 10.2. The molecule has 2 aromatic rings. The molecule has 1 aliphatic heterocycles. The Morgan fingerprint density at radius 1 is 1.14 bits per heavy atom. The molecule has 2 aromatic carbocycles. The Labute approximate surface area is 207 Å². The van der Waals surface area contributed by atoms with Crippen LogP contribution in [0.3, 0.4) is 0 Å². The zero-order chi connectivity index (χ0) is 25.9. The van der Waals surface area contributed by atoms with Gasteiger partial charge in [-0.25, -0.2) is 4.39 Å². The lowest BCUT2D eigenvalue weighted by molar-refractivity contribution is -0.140. The van der Waals surface area contributed by atoms with E-state index in [4.69, 9.17) is 4.74 Å². The highest BCUT2D eigenvalue weighted by Gasteiger charge is 2.46. The number of carbonyl (C=O) groups is 2. The number of ketones is 1. The second-order valence-corrected chi connectivity index (χ2v) is 10.1. The molecule has 0 spiro atoms. The van der Waals surface area contributed by atoms with Crippen molar-refractivity contribution in [2.75, 3.05) is 33.8 Å². The molecular weight excluding hydrogens is 447 g/mol. The molecule has 6 nitrogen and oxygen atoms in total. The van der Waals surface area contributed by atoms with Gasteiger partial charge in [0.2, 0.25) is 0 Å². The molecule has 0 saturated carbocycles. The van der Waals surface area contributed by atoms with Gasteiger partial charge in [-0.1, -0.05) is 39.0 Å². The highest BCUT2D eigenvalue weighted by atomic mass is 19.1. The molecule has 0 aliphatic carbocycles. The number of hydrogen-bond donors (Lipinski definition) is 1. The predicted octanol–water partition coefficient (Wildman–Crippen LogP) is 4.90. The van der Waals surface area contributed by atoms with Gasteiger partial charge >= 0.3 is 0 Å². The lowest BCUT2D eigenvalue weighted by Gasteiger charge is -2.26. The zero-order valence-corrected chi connectivity index (χ0v) is 21.4. The van der Waals surface area contributed by atoms with Crippen molar-refractivity contribution in [3.05, 3.63) is 70.5 Å². The summed E-state index contributed by atoms with van der Waals surface area (Å²) >= 11 is 0. The highest BCUT2D eigenvalue weighted by Crippen LogP contribution is 2.41. The third-order valence-electron chi connectivity index (χ3n) is 6.10. The Kier molecular flexibility index (Phi) is 8.00. The molecule has 1 heterocycles. The van der Waals surface area contributed by atoms with Gasteiger partial charge in [0, 0.05) is 23.2 Å². The Morgan fingerprint density at radius 3 is 2.43 bits per heavy atom. The monoisotopic (exact) mass is 482 g/mol. The number of ether oxygens (including phenoxy) is 1. The number of hydrogen-bond acceptors (Lipinski definition) is 5. The number of carbonyl (C=O) groups excluding carboxylic acids is 2. The van der Waals surface area contributed by atoms with Crippen LogP contribution in [0.4, 0.5) is 4.39 Å². The summed E-state index contributed by atoms with van der Waals surface area (Å²) in [5, 5.41) is 11.4. The molecule has 7 heteroatoms.